The minimum absolute atomic E-state index is 0. The Bertz CT molecular complexity index is 1450. The van der Waals surface area contributed by atoms with E-state index in [4.69, 9.17) is 9.73 Å². The fraction of sp³-hybridized carbons (Fsp3) is 0.286. The molecule has 0 fully saturated rings. The molecule has 0 unspecified atom stereocenters. The Morgan fingerprint density at radius 3 is 2.32 bits per heavy atom. The van der Waals surface area contributed by atoms with Crippen molar-refractivity contribution in [3.63, 3.8) is 0 Å². The Hall–Kier alpha value is -2.59. The van der Waals surface area contributed by atoms with E-state index in [2.05, 4.69) is 112 Å². The second kappa shape index (κ2) is 9.22. The monoisotopic (exact) mass is 539 g/mol. The summed E-state index contributed by atoms with van der Waals surface area (Å²) >= 11 is 0.227. The van der Waals surface area contributed by atoms with Gasteiger partial charge in [-0.25, -0.2) is 0 Å². The van der Waals surface area contributed by atoms with Crippen LogP contribution in [0.5, 0.6) is 0 Å². The van der Waals surface area contributed by atoms with Crippen LogP contribution < -0.4 is 27.2 Å². The van der Waals surface area contributed by atoms with Crippen LogP contribution in [0, 0.1) is 0 Å². The Morgan fingerprint density at radius 1 is 0.941 bits per heavy atom. The first-order valence-corrected chi connectivity index (χ1v) is 13.0. The number of anilines is 1. The molecule has 0 saturated heterocycles. The van der Waals surface area contributed by atoms with Gasteiger partial charge in [-0.15, -0.1) is 0 Å². The predicted octanol–water partition coefficient (Wildman–Crippen LogP) is 1.33. The molecular weight excluding hydrogens is 509 g/mol. The molecule has 6 heteroatoms. The summed E-state index contributed by atoms with van der Waals surface area (Å²) in [7, 11) is 8.42. The van der Waals surface area contributed by atoms with E-state index < -0.39 is 0 Å². The van der Waals surface area contributed by atoms with Crippen molar-refractivity contribution < 1.29 is 17.1 Å². The molecule has 2 aliphatic heterocycles. The molecule has 3 aliphatic rings. The zero-order valence-corrected chi connectivity index (χ0v) is 23.0. The van der Waals surface area contributed by atoms with Gasteiger partial charge in [0.25, 0.3) is 0 Å². The second-order valence-corrected chi connectivity index (χ2v) is 12.0. The molecule has 0 aromatic heterocycles. The zero-order valence-electron chi connectivity index (χ0n) is 20.5. The number of halogens is 1. The normalized spacial score (nSPS) is 14.5. The third kappa shape index (κ3) is 4.40. The number of hydrogen-bond acceptors (Lipinski definition) is 3. The van der Waals surface area contributed by atoms with Gasteiger partial charge in [0.05, 0.1) is 0 Å². The Morgan fingerprint density at radius 2 is 1.68 bits per heavy atom. The van der Waals surface area contributed by atoms with Gasteiger partial charge in [-0.05, 0) is 0 Å². The molecule has 0 N–H and O–H groups in total. The molecule has 176 valence electrons. The Kier molecular flexibility index (Phi) is 6.65. The summed E-state index contributed by atoms with van der Waals surface area (Å²) in [4.78, 5) is 7.08. The smallest absolute Gasteiger partial charge is 1.00 e. The van der Waals surface area contributed by atoms with Crippen molar-refractivity contribution in [2.45, 2.75) is 19.4 Å². The summed E-state index contributed by atoms with van der Waals surface area (Å²) in [6.07, 6.45) is 0. The van der Waals surface area contributed by atoms with E-state index in [9.17, 15) is 0 Å². The summed E-state index contributed by atoms with van der Waals surface area (Å²) in [5, 5.41) is 2.55. The van der Waals surface area contributed by atoms with Gasteiger partial charge in [0, 0.05) is 0 Å². The summed E-state index contributed by atoms with van der Waals surface area (Å²) in [5.41, 5.74) is 5.88. The molecule has 2 heterocycles. The summed E-state index contributed by atoms with van der Waals surface area (Å²) in [6, 6.07) is 22.3. The molecule has 0 radical (unpaired) electrons. The molecule has 0 spiro atoms. The minimum atomic E-state index is -0.195. The van der Waals surface area contributed by atoms with Crippen LogP contribution in [0.25, 0.3) is 30.8 Å². The van der Waals surface area contributed by atoms with Crippen LogP contribution in [0.4, 0.5) is 5.69 Å². The Labute approximate surface area is 213 Å². The van der Waals surface area contributed by atoms with E-state index in [1.54, 1.807) is 0 Å². The van der Waals surface area contributed by atoms with Crippen molar-refractivity contribution in [2.24, 2.45) is 4.99 Å². The van der Waals surface area contributed by atoms with Crippen molar-refractivity contribution in [3.05, 3.63) is 71.6 Å². The van der Waals surface area contributed by atoms with E-state index in [-0.39, 0.29) is 32.4 Å². The molecule has 2 aromatic carbocycles. The number of nitrogens with zero attached hydrogens (tertiary/aromatic N) is 3. The van der Waals surface area contributed by atoms with Crippen molar-refractivity contribution in [1.29, 1.82) is 0 Å². The van der Waals surface area contributed by atoms with Gasteiger partial charge >= 0.3 is 202 Å². The van der Waals surface area contributed by atoms with Crippen LogP contribution in [0.2, 0.25) is 0 Å². The van der Waals surface area contributed by atoms with Gasteiger partial charge in [0.2, 0.25) is 0 Å². The average molecular weight is 539 g/mol. The van der Waals surface area contributed by atoms with Crippen molar-refractivity contribution in [1.82, 2.24) is 4.58 Å². The van der Waals surface area contributed by atoms with Crippen LogP contribution in [0.3, 0.4) is 0 Å². The van der Waals surface area contributed by atoms with Crippen molar-refractivity contribution in [3.8, 4) is 21.1 Å². The summed E-state index contributed by atoms with van der Waals surface area (Å²) < 4.78 is 11.1. The molecular formula is C28H30ClN3OSe. The first-order valence-electron chi connectivity index (χ1n) is 11.2. The number of rotatable bonds is 3. The number of ether oxygens (including phenoxy) is 1. The molecule has 5 rings (SSSR count). The summed E-state index contributed by atoms with van der Waals surface area (Å²) in [5.74, 6) is 0.747. The van der Waals surface area contributed by atoms with Gasteiger partial charge in [-0.2, -0.15) is 0 Å². The van der Waals surface area contributed by atoms with Crippen LogP contribution in [0.1, 0.15) is 19.4 Å². The first-order chi connectivity index (χ1) is 15.7. The van der Waals surface area contributed by atoms with Crippen LogP contribution in [-0.2, 0) is 4.74 Å². The SMILES string of the molecule is CN(C)c1ccc2c(-c3ccccc3C3=NC(C)(C)CO3)c3ccc(=[N+](C)C)cc-3[se]c2c1.[Cl-]. The quantitative estimate of drug-likeness (QED) is 0.224. The van der Waals surface area contributed by atoms with Gasteiger partial charge < -0.3 is 12.4 Å². The standard InChI is InChI=1S/C28H30N3OSe.ClH/c1-28(2)17-32-27(29-28)21-10-8-7-9-20(21)26-22-13-11-18(30(3)4)15-24(22)33-25-16-19(31(5)6)12-14-23(25)26;/h7-16H,17H2,1-6H3;1H/q+1;/p-1. The van der Waals surface area contributed by atoms with E-state index in [1.165, 1.54) is 41.8 Å². The molecule has 4 nitrogen and oxygen atoms in total. The number of hydrogen-bond donors (Lipinski definition) is 0. The largest absolute Gasteiger partial charge is 1.00 e. The van der Waals surface area contributed by atoms with Gasteiger partial charge in [0.1, 0.15) is 0 Å². The van der Waals surface area contributed by atoms with E-state index in [0.29, 0.717) is 6.61 Å². The Balaban J connectivity index is 0.00000274. The van der Waals surface area contributed by atoms with Crippen molar-refractivity contribution in [2.75, 3.05) is 39.7 Å². The topological polar surface area (TPSA) is 27.8 Å². The number of benzene rings is 3. The van der Waals surface area contributed by atoms with Gasteiger partial charge in [0.15, 0.2) is 0 Å². The van der Waals surface area contributed by atoms with E-state index in [1.807, 2.05) is 0 Å². The third-order valence-corrected chi connectivity index (χ3v) is 8.46. The van der Waals surface area contributed by atoms with Crippen LogP contribution >= 0.6 is 0 Å². The van der Waals surface area contributed by atoms with Crippen molar-refractivity contribution >= 4 is 35.7 Å². The molecule has 34 heavy (non-hydrogen) atoms. The third-order valence-electron chi connectivity index (χ3n) is 6.11. The number of fused-ring (bicyclic) bond motifs is 2. The fourth-order valence-corrected chi connectivity index (χ4v) is 6.75. The maximum atomic E-state index is 6.09. The molecule has 2 aromatic rings. The van der Waals surface area contributed by atoms with Gasteiger partial charge in [-0.1, -0.05) is 0 Å². The number of aliphatic imine (C=N–C) groups is 1. The molecule has 0 amide bonds. The minimum Gasteiger partial charge on any atom is -1.00 e. The maximum Gasteiger partial charge on any atom is -1.00 e. The molecule has 0 atom stereocenters. The summed E-state index contributed by atoms with van der Waals surface area (Å²) in [6.45, 7) is 4.85. The fourth-order valence-electron chi connectivity index (χ4n) is 4.32. The molecule has 0 saturated carbocycles. The average Bonchev–Trinajstić information content (AvgIpc) is 3.16. The predicted molar refractivity (Wildman–Crippen MR) is 141 cm³/mol. The zero-order chi connectivity index (χ0) is 23.3. The van der Waals surface area contributed by atoms with Crippen LogP contribution in [-0.4, -0.2) is 60.7 Å². The molecule has 1 aliphatic carbocycles. The van der Waals surface area contributed by atoms with Crippen LogP contribution in [0.15, 0.2) is 65.7 Å². The molecule has 0 bridgehead atoms. The first kappa shape index (κ1) is 24.5. The van der Waals surface area contributed by atoms with E-state index >= 15 is 0 Å². The maximum absolute atomic E-state index is 6.09. The van der Waals surface area contributed by atoms with E-state index in [0.717, 1.165) is 11.5 Å². The second-order valence-electron chi connectivity index (χ2n) is 9.69. The van der Waals surface area contributed by atoms with Gasteiger partial charge in [-0.3, -0.25) is 0 Å².